The summed E-state index contributed by atoms with van der Waals surface area (Å²) in [5.74, 6) is -0.340. The van der Waals surface area contributed by atoms with E-state index in [1.165, 1.54) is 6.92 Å². The zero-order chi connectivity index (χ0) is 14.8. The first-order chi connectivity index (χ1) is 9.31. The first-order valence-corrected chi connectivity index (χ1v) is 8.04. The minimum absolute atomic E-state index is 0.235. The van der Waals surface area contributed by atoms with Gasteiger partial charge in [-0.3, -0.25) is 0 Å². The molecule has 2 aromatic rings. The summed E-state index contributed by atoms with van der Waals surface area (Å²) in [6.45, 7) is 3.42. The van der Waals surface area contributed by atoms with Gasteiger partial charge in [0, 0.05) is 0 Å². The van der Waals surface area contributed by atoms with E-state index in [2.05, 4.69) is 0 Å². The molecule has 20 heavy (non-hydrogen) atoms. The number of aryl methyl sites for hydroxylation is 1. The highest BCUT2D eigenvalue weighted by Gasteiger charge is 2.31. The molecule has 1 atom stereocenters. The van der Waals surface area contributed by atoms with E-state index < -0.39 is 15.4 Å². The first-order valence-electron chi connectivity index (χ1n) is 6.39. The topological polar surface area (TPSA) is 54.4 Å². The van der Waals surface area contributed by atoms with Crippen molar-refractivity contribution in [3.63, 3.8) is 0 Å². The van der Waals surface area contributed by atoms with Gasteiger partial charge in [-0.25, -0.2) is 8.42 Å². The van der Waals surface area contributed by atoms with Crippen LogP contribution in [0.15, 0.2) is 59.5 Å². The summed E-state index contributed by atoms with van der Waals surface area (Å²) in [4.78, 5) is 0.235. The van der Waals surface area contributed by atoms with Crippen LogP contribution in [0.2, 0.25) is 0 Å². The molecule has 0 saturated heterocycles. The third-order valence-electron chi connectivity index (χ3n) is 3.25. The molecule has 3 nitrogen and oxygen atoms in total. The van der Waals surface area contributed by atoms with Crippen molar-refractivity contribution in [1.82, 2.24) is 0 Å². The van der Waals surface area contributed by atoms with Crippen molar-refractivity contribution in [1.29, 1.82) is 0 Å². The summed E-state index contributed by atoms with van der Waals surface area (Å²) < 4.78 is 24.7. The standard InChI is InChI=1S/C16H18O3S/c1-13-8-10-15(11-9-13)20(18,19)12-16(2,17)14-6-4-3-5-7-14/h3-11,17H,12H2,1-2H3. The Morgan fingerprint density at radius 3 is 2.10 bits per heavy atom. The van der Waals surface area contributed by atoms with Crippen molar-refractivity contribution in [2.45, 2.75) is 24.3 Å². The smallest absolute Gasteiger partial charge is 0.181 e. The summed E-state index contributed by atoms with van der Waals surface area (Å²) in [6, 6.07) is 15.5. The Morgan fingerprint density at radius 2 is 1.55 bits per heavy atom. The van der Waals surface area contributed by atoms with Gasteiger partial charge in [-0.15, -0.1) is 0 Å². The van der Waals surface area contributed by atoms with Crippen LogP contribution >= 0.6 is 0 Å². The summed E-state index contributed by atoms with van der Waals surface area (Å²) in [6.07, 6.45) is 0. The molecule has 2 rings (SSSR count). The molecule has 2 aromatic carbocycles. The van der Waals surface area contributed by atoms with Gasteiger partial charge < -0.3 is 5.11 Å². The summed E-state index contributed by atoms with van der Waals surface area (Å²) in [5.41, 5.74) is 0.180. The zero-order valence-electron chi connectivity index (χ0n) is 11.6. The Balaban J connectivity index is 2.30. The van der Waals surface area contributed by atoms with Gasteiger partial charge in [-0.05, 0) is 31.5 Å². The van der Waals surface area contributed by atoms with Crippen LogP contribution < -0.4 is 0 Å². The van der Waals surface area contributed by atoms with Crippen LogP contribution in [-0.4, -0.2) is 19.3 Å². The average molecular weight is 290 g/mol. The lowest BCUT2D eigenvalue weighted by molar-refractivity contribution is 0.0819. The highest BCUT2D eigenvalue weighted by atomic mass is 32.2. The van der Waals surface area contributed by atoms with Crippen molar-refractivity contribution >= 4 is 9.84 Å². The Labute approximate surface area is 119 Å². The number of hydrogen-bond acceptors (Lipinski definition) is 3. The number of hydrogen-bond donors (Lipinski definition) is 1. The Morgan fingerprint density at radius 1 is 1.00 bits per heavy atom. The average Bonchev–Trinajstić information content (AvgIpc) is 2.39. The van der Waals surface area contributed by atoms with E-state index in [4.69, 9.17) is 0 Å². The molecule has 0 amide bonds. The second kappa shape index (κ2) is 5.38. The van der Waals surface area contributed by atoms with Crippen molar-refractivity contribution in [3.05, 3.63) is 65.7 Å². The molecule has 0 saturated carbocycles. The van der Waals surface area contributed by atoms with Gasteiger partial charge in [0.1, 0.15) is 5.60 Å². The molecule has 1 N–H and O–H groups in total. The van der Waals surface area contributed by atoms with Gasteiger partial charge in [0.05, 0.1) is 10.6 Å². The monoisotopic (exact) mass is 290 g/mol. The van der Waals surface area contributed by atoms with Crippen molar-refractivity contribution in [2.24, 2.45) is 0 Å². The molecule has 0 aliphatic carbocycles. The minimum atomic E-state index is -3.53. The number of benzene rings is 2. The second-order valence-electron chi connectivity index (χ2n) is 5.21. The molecular weight excluding hydrogens is 272 g/mol. The molecule has 0 fully saturated rings. The van der Waals surface area contributed by atoms with Crippen molar-refractivity contribution in [3.8, 4) is 0 Å². The zero-order valence-corrected chi connectivity index (χ0v) is 12.4. The molecular formula is C16H18O3S. The van der Waals surface area contributed by atoms with Crippen LogP contribution in [0.3, 0.4) is 0 Å². The van der Waals surface area contributed by atoms with Crippen molar-refractivity contribution < 1.29 is 13.5 Å². The maximum Gasteiger partial charge on any atom is 0.181 e. The van der Waals surface area contributed by atoms with Gasteiger partial charge in [-0.2, -0.15) is 0 Å². The summed E-state index contributed by atoms with van der Waals surface area (Å²) in [7, 11) is -3.53. The van der Waals surface area contributed by atoms with Crippen LogP contribution in [-0.2, 0) is 15.4 Å². The van der Waals surface area contributed by atoms with Crippen molar-refractivity contribution in [2.75, 3.05) is 5.75 Å². The largest absolute Gasteiger partial charge is 0.384 e. The molecule has 0 aromatic heterocycles. The van der Waals surface area contributed by atoms with Gasteiger partial charge in [0.15, 0.2) is 9.84 Å². The van der Waals surface area contributed by atoms with Gasteiger partial charge >= 0.3 is 0 Å². The predicted octanol–water partition coefficient (Wildman–Crippen LogP) is 2.68. The third kappa shape index (κ3) is 3.26. The van der Waals surface area contributed by atoms with E-state index in [0.29, 0.717) is 5.56 Å². The molecule has 106 valence electrons. The molecule has 0 heterocycles. The molecule has 0 aliphatic rings. The number of sulfone groups is 1. The van der Waals surface area contributed by atoms with E-state index >= 15 is 0 Å². The Kier molecular flexibility index (Phi) is 3.97. The molecule has 0 aliphatic heterocycles. The van der Waals surface area contributed by atoms with Gasteiger partial charge in [-0.1, -0.05) is 48.0 Å². The number of aliphatic hydroxyl groups is 1. The fraction of sp³-hybridized carbons (Fsp3) is 0.250. The molecule has 0 spiro atoms. The Hall–Kier alpha value is -1.65. The van der Waals surface area contributed by atoms with E-state index in [9.17, 15) is 13.5 Å². The molecule has 0 bridgehead atoms. The van der Waals surface area contributed by atoms with Crippen LogP contribution in [0.4, 0.5) is 0 Å². The fourth-order valence-electron chi connectivity index (χ4n) is 2.08. The maximum absolute atomic E-state index is 12.4. The fourth-order valence-corrected chi connectivity index (χ4v) is 3.70. The lowest BCUT2D eigenvalue weighted by Gasteiger charge is -2.23. The highest BCUT2D eigenvalue weighted by molar-refractivity contribution is 7.91. The minimum Gasteiger partial charge on any atom is -0.384 e. The molecule has 4 heteroatoms. The molecule has 0 radical (unpaired) electrons. The quantitative estimate of drug-likeness (QED) is 0.942. The highest BCUT2D eigenvalue weighted by Crippen LogP contribution is 2.25. The summed E-state index contributed by atoms with van der Waals surface area (Å²) in [5, 5.41) is 10.5. The van der Waals surface area contributed by atoms with Crippen LogP contribution in [0.5, 0.6) is 0 Å². The normalized spacial score (nSPS) is 14.8. The molecule has 1 unspecified atom stereocenters. The third-order valence-corrected chi connectivity index (χ3v) is 5.18. The van der Waals surface area contributed by atoms with Crippen LogP contribution in [0.25, 0.3) is 0 Å². The number of rotatable bonds is 4. The lowest BCUT2D eigenvalue weighted by Crippen LogP contribution is -2.31. The second-order valence-corrected chi connectivity index (χ2v) is 7.20. The van der Waals surface area contributed by atoms with E-state index in [1.54, 1.807) is 48.5 Å². The van der Waals surface area contributed by atoms with Crippen LogP contribution in [0.1, 0.15) is 18.1 Å². The first kappa shape index (κ1) is 14.8. The van der Waals surface area contributed by atoms with E-state index in [1.807, 2.05) is 13.0 Å². The lowest BCUT2D eigenvalue weighted by atomic mass is 9.99. The van der Waals surface area contributed by atoms with Gasteiger partial charge in [0.2, 0.25) is 0 Å². The summed E-state index contributed by atoms with van der Waals surface area (Å²) >= 11 is 0. The van der Waals surface area contributed by atoms with Gasteiger partial charge in [0.25, 0.3) is 0 Å². The SMILES string of the molecule is Cc1ccc(S(=O)(=O)CC(C)(O)c2ccccc2)cc1. The van der Waals surface area contributed by atoms with E-state index in [0.717, 1.165) is 5.56 Å². The van der Waals surface area contributed by atoms with E-state index in [-0.39, 0.29) is 10.6 Å². The predicted molar refractivity (Wildman–Crippen MR) is 79.2 cm³/mol. The Bertz CT molecular complexity index is 671. The maximum atomic E-state index is 12.4. The van der Waals surface area contributed by atoms with Crippen LogP contribution in [0, 0.1) is 6.92 Å².